The van der Waals surface area contributed by atoms with E-state index < -0.39 is 11.9 Å². The van der Waals surface area contributed by atoms with Crippen LogP contribution < -0.4 is 0 Å². The summed E-state index contributed by atoms with van der Waals surface area (Å²) in [6.07, 6.45) is 2.95. The number of hydrogen-bond donors (Lipinski definition) is 1. The summed E-state index contributed by atoms with van der Waals surface area (Å²) >= 11 is 0. The second kappa shape index (κ2) is 4.37. The van der Waals surface area contributed by atoms with E-state index in [2.05, 4.69) is 4.98 Å². The summed E-state index contributed by atoms with van der Waals surface area (Å²) < 4.78 is 14.7. The largest absolute Gasteiger partial charge is 0.481 e. The number of carbonyl (C=O) groups is 1. The zero-order chi connectivity index (χ0) is 12.4. The first-order chi connectivity index (χ1) is 8.09. The quantitative estimate of drug-likeness (QED) is 0.885. The van der Waals surface area contributed by atoms with E-state index >= 15 is 0 Å². The first-order valence-corrected chi connectivity index (χ1v) is 5.10. The Balaban J connectivity index is 2.47. The number of aromatic nitrogens is 2. The van der Waals surface area contributed by atoms with Crippen LogP contribution in [-0.2, 0) is 4.79 Å². The SMILES string of the molecule is CC(C(=O)O)c1cncn1-c1cccc(F)c1. The summed E-state index contributed by atoms with van der Waals surface area (Å²) in [5.74, 6) is -2.01. The second-order valence-electron chi connectivity index (χ2n) is 3.73. The molecule has 0 saturated heterocycles. The molecular formula is C12H11FN2O2. The Hall–Kier alpha value is -2.17. The number of rotatable bonds is 3. The van der Waals surface area contributed by atoms with Crippen LogP contribution in [0.3, 0.4) is 0 Å². The van der Waals surface area contributed by atoms with E-state index in [-0.39, 0.29) is 5.82 Å². The molecular weight excluding hydrogens is 223 g/mol. The van der Waals surface area contributed by atoms with Crippen LogP contribution in [0.1, 0.15) is 18.5 Å². The van der Waals surface area contributed by atoms with Crippen molar-refractivity contribution in [3.63, 3.8) is 0 Å². The van der Waals surface area contributed by atoms with Crippen molar-refractivity contribution in [2.45, 2.75) is 12.8 Å². The van der Waals surface area contributed by atoms with Crippen molar-refractivity contribution in [2.75, 3.05) is 0 Å². The molecule has 1 heterocycles. The van der Waals surface area contributed by atoms with Gasteiger partial charge in [-0.05, 0) is 25.1 Å². The monoisotopic (exact) mass is 234 g/mol. The van der Waals surface area contributed by atoms with E-state index in [0.717, 1.165) is 0 Å². The maximum absolute atomic E-state index is 13.1. The number of halogens is 1. The minimum absolute atomic E-state index is 0.370. The summed E-state index contributed by atoms with van der Waals surface area (Å²) in [5, 5.41) is 8.96. The van der Waals surface area contributed by atoms with Gasteiger partial charge in [-0.3, -0.25) is 4.79 Å². The molecule has 0 aliphatic carbocycles. The Bertz CT molecular complexity index is 551. The number of carboxylic acid groups (broad SMARTS) is 1. The first-order valence-electron chi connectivity index (χ1n) is 5.10. The highest BCUT2D eigenvalue weighted by Gasteiger charge is 2.18. The van der Waals surface area contributed by atoms with Crippen LogP contribution in [0.15, 0.2) is 36.8 Å². The number of hydrogen-bond acceptors (Lipinski definition) is 2. The van der Waals surface area contributed by atoms with Gasteiger partial charge in [0.25, 0.3) is 0 Å². The minimum Gasteiger partial charge on any atom is -0.481 e. The van der Waals surface area contributed by atoms with Gasteiger partial charge in [0.05, 0.1) is 17.9 Å². The third-order valence-corrected chi connectivity index (χ3v) is 2.57. The molecule has 5 heteroatoms. The van der Waals surface area contributed by atoms with Gasteiger partial charge in [0.2, 0.25) is 0 Å². The zero-order valence-electron chi connectivity index (χ0n) is 9.17. The van der Waals surface area contributed by atoms with E-state index in [1.807, 2.05) is 0 Å². The van der Waals surface area contributed by atoms with Gasteiger partial charge in [-0.1, -0.05) is 6.07 Å². The standard InChI is InChI=1S/C12H11FN2O2/c1-8(12(16)17)11-6-14-7-15(11)10-4-2-3-9(13)5-10/h2-8H,1H3,(H,16,17). The van der Waals surface area contributed by atoms with Crippen molar-refractivity contribution in [3.8, 4) is 5.69 Å². The molecule has 1 N–H and O–H groups in total. The van der Waals surface area contributed by atoms with Crippen molar-refractivity contribution in [3.05, 3.63) is 48.3 Å². The molecule has 2 rings (SSSR count). The Kier molecular flexibility index (Phi) is 2.91. The minimum atomic E-state index is -0.942. The second-order valence-corrected chi connectivity index (χ2v) is 3.73. The molecule has 0 radical (unpaired) electrons. The maximum Gasteiger partial charge on any atom is 0.312 e. The molecule has 0 spiro atoms. The Morgan fingerprint density at radius 2 is 2.29 bits per heavy atom. The van der Waals surface area contributed by atoms with Gasteiger partial charge in [-0.2, -0.15) is 0 Å². The molecule has 4 nitrogen and oxygen atoms in total. The smallest absolute Gasteiger partial charge is 0.312 e. The molecule has 1 aromatic heterocycles. The van der Waals surface area contributed by atoms with Gasteiger partial charge in [0, 0.05) is 11.9 Å². The topological polar surface area (TPSA) is 55.1 Å². The molecule has 0 fully saturated rings. The van der Waals surface area contributed by atoms with E-state index in [1.165, 1.54) is 24.7 Å². The molecule has 0 amide bonds. The van der Waals surface area contributed by atoms with Gasteiger partial charge in [-0.25, -0.2) is 9.37 Å². The number of carboxylic acids is 1. The first kappa shape index (κ1) is 11.3. The fourth-order valence-corrected chi connectivity index (χ4v) is 1.59. The normalized spacial score (nSPS) is 12.4. The molecule has 1 aromatic carbocycles. The van der Waals surface area contributed by atoms with Crippen LogP contribution in [-0.4, -0.2) is 20.6 Å². The molecule has 17 heavy (non-hydrogen) atoms. The van der Waals surface area contributed by atoms with Crippen LogP contribution in [0, 0.1) is 5.82 Å². The van der Waals surface area contributed by atoms with Crippen LogP contribution >= 0.6 is 0 Å². The summed E-state index contributed by atoms with van der Waals surface area (Å²) in [7, 11) is 0. The van der Waals surface area contributed by atoms with E-state index in [1.54, 1.807) is 23.6 Å². The lowest BCUT2D eigenvalue weighted by Crippen LogP contribution is -2.11. The Morgan fingerprint density at radius 3 is 2.94 bits per heavy atom. The van der Waals surface area contributed by atoms with Gasteiger partial charge < -0.3 is 9.67 Å². The lowest BCUT2D eigenvalue weighted by Gasteiger charge is -2.11. The van der Waals surface area contributed by atoms with Gasteiger partial charge in [0.1, 0.15) is 5.82 Å². The van der Waals surface area contributed by atoms with Crippen molar-refractivity contribution < 1.29 is 14.3 Å². The third-order valence-electron chi connectivity index (χ3n) is 2.57. The lowest BCUT2D eigenvalue weighted by atomic mass is 10.1. The van der Waals surface area contributed by atoms with Crippen molar-refractivity contribution in [1.82, 2.24) is 9.55 Å². The summed E-state index contributed by atoms with van der Waals surface area (Å²) in [6.45, 7) is 1.56. The highest BCUT2D eigenvalue weighted by atomic mass is 19.1. The molecule has 1 unspecified atom stereocenters. The molecule has 0 aliphatic heterocycles. The highest BCUT2D eigenvalue weighted by molar-refractivity contribution is 5.75. The van der Waals surface area contributed by atoms with Crippen LogP contribution in [0.2, 0.25) is 0 Å². The van der Waals surface area contributed by atoms with Gasteiger partial charge >= 0.3 is 5.97 Å². The molecule has 0 bridgehead atoms. The number of benzene rings is 1. The van der Waals surface area contributed by atoms with E-state index in [0.29, 0.717) is 11.4 Å². The van der Waals surface area contributed by atoms with Crippen molar-refractivity contribution in [1.29, 1.82) is 0 Å². The number of aliphatic carboxylic acids is 1. The maximum atomic E-state index is 13.1. The third kappa shape index (κ3) is 2.18. The molecule has 2 aromatic rings. The summed E-state index contributed by atoms with van der Waals surface area (Å²) in [6, 6.07) is 5.93. The molecule has 0 saturated carbocycles. The van der Waals surface area contributed by atoms with Gasteiger partial charge in [0.15, 0.2) is 0 Å². The van der Waals surface area contributed by atoms with Crippen molar-refractivity contribution in [2.24, 2.45) is 0 Å². The predicted molar refractivity (Wildman–Crippen MR) is 59.6 cm³/mol. The lowest BCUT2D eigenvalue weighted by molar-refractivity contribution is -0.138. The summed E-state index contributed by atoms with van der Waals surface area (Å²) in [4.78, 5) is 14.8. The van der Waals surface area contributed by atoms with Crippen molar-refractivity contribution >= 4 is 5.97 Å². The highest BCUT2D eigenvalue weighted by Crippen LogP contribution is 2.19. The van der Waals surface area contributed by atoms with Crippen LogP contribution in [0.4, 0.5) is 4.39 Å². The number of nitrogens with zero attached hydrogens (tertiary/aromatic N) is 2. The van der Waals surface area contributed by atoms with E-state index in [4.69, 9.17) is 5.11 Å². The summed E-state index contributed by atoms with van der Waals surface area (Å²) in [5.41, 5.74) is 1.08. The predicted octanol–water partition coefficient (Wildman–Crippen LogP) is 2.20. The van der Waals surface area contributed by atoms with Crippen LogP contribution in [0.5, 0.6) is 0 Å². The number of imidazole rings is 1. The zero-order valence-corrected chi connectivity index (χ0v) is 9.17. The Labute approximate surface area is 97.3 Å². The van der Waals surface area contributed by atoms with E-state index in [9.17, 15) is 9.18 Å². The average molecular weight is 234 g/mol. The molecule has 1 atom stereocenters. The van der Waals surface area contributed by atoms with Crippen LogP contribution in [0.25, 0.3) is 5.69 Å². The fraction of sp³-hybridized carbons (Fsp3) is 0.167. The average Bonchev–Trinajstić information content (AvgIpc) is 2.76. The van der Waals surface area contributed by atoms with Gasteiger partial charge in [-0.15, -0.1) is 0 Å². The Morgan fingerprint density at radius 1 is 1.53 bits per heavy atom. The fourth-order valence-electron chi connectivity index (χ4n) is 1.59. The molecule has 88 valence electrons. The molecule has 0 aliphatic rings.